The first-order valence-corrected chi connectivity index (χ1v) is 7.74. The van der Waals surface area contributed by atoms with Crippen molar-refractivity contribution in [1.82, 2.24) is 10.3 Å². The van der Waals surface area contributed by atoms with Gasteiger partial charge in [-0.1, -0.05) is 22.0 Å². The van der Waals surface area contributed by atoms with E-state index in [0.29, 0.717) is 5.56 Å². The highest BCUT2D eigenvalue weighted by atomic mass is 79.9. The Hall–Kier alpha value is -0.560. The Morgan fingerprint density at radius 1 is 1.56 bits per heavy atom. The molecule has 0 bridgehead atoms. The van der Waals surface area contributed by atoms with E-state index in [1.54, 1.807) is 12.1 Å². The molecule has 0 unspecified atom stereocenters. The second-order valence-corrected chi connectivity index (χ2v) is 5.85. The van der Waals surface area contributed by atoms with E-state index in [9.17, 15) is 4.79 Å². The number of benzene rings is 1. The fourth-order valence-electron chi connectivity index (χ4n) is 1.52. The number of hydrogen-bond donors (Lipinski definition) is 2. The number of halogens is 1. The molecule has 1 aromatic carbocycles. The summed E-state index contributed by atoms with van der Waals surface area (Å²) in [5, 5.41) is 0. The van der Waals surface area contributed by atoms with E-state index in [1.807, 2.05) is 17.8 Å². The Bertz CT molecular complexity index is 414. The summed E-state index contributed by atoms with van der Waals surface area (Å²) in [6.45, 7) is 1.89. The molecule has 0 saturated carbocycles. The number of carbonyl (C=O) groups excluding carboxylic acids is 1. The lowest BCUT2D eigenvalue weighted by atomic mass is 10.1. The molecule has 4 nitrogen and oxygen atoms in total. The van der Waals surface area contributed by atoms with Crippen molar-refractivity contribution in [2.45, 2.75) is 6.54 Å². The Morgan fingerprint density at radius 2 is 2.28 bits per heavy atom. The summed E-state index contributed by atoms with van der Waals surface area (Å²) in [7, 11) is 2.09. The van der Waals surface area contributed by atoms with Crippen molar-refractivity contribution < 1.29 is 4.79 Å². The summed E-state index contributed by atoms with van der Waals surface area (Å²) in [4.78, 5) is 13.6. The third-order valence-electron chi connectivity index (χ3n) is 2.56. The smallest absolute Gasteiger partial charge is 0.265 e. The van der Waals surface area contributed by atoms with Crippen molar-refractivity contribution in [3.63, 3.8) is 0 Å². The van der Waals surface area contributed by atoms with E-state index < -0.39 is 0 Å². The molecule has 0 atom stereocenters. The molecular weight excluding hydrogens is 314 g/mol. The van der Waals surface area contributed by atoms with E-state index in [1.165, 1.54) is 0 Å². The average Bonchev–Trinajstić information content (AvgIpc) is 2.37. The first-order valence-electron chi connectivity index (χ1n) is 5.55. The number of hydrazine groups is 1. The number of nitrogens with two attached hydrogens (primary N) is 1. The van der Waals surface area contributed by atoms with Gasteiger partial charge in [0.1, 0.15) is 0 Å². The van der Waals surface area contributed by atoms with Crippen LogP contribution in [0.1, 0.15) is 15.9 Å². The van der Waals surface area contributed by atoms with Crippen LogP contribution in [0, 0.1) is 0 Å². The van der Waals surface area contributed by atoms with Crippen molar-refractivity contribution in [2.75, 3.05) is 25.6 Å². The molecule has 0 aliphatic rings. The molecule has 6 heteroatoms. The standard InChI is InChI=1S/C12H18BrN3OS/c1-16(5-6-18-2)8-10-4-3-9(7-11(10)13)12(17)15-14/h3-4,7H,5-6,8,14H2,1-2H3,(H,15,17). The van der Waals surface area contributed by atoms with Gasteiger partial charge in [-0.3, -0.25) is 10.2 Å². The molecule has 3 N–H and O–H groups in total. The molecule has 1 amide bonds. The monoisotopic (exact) mass is 331 g/mol. The zero-order valence-electron chi connectivity index (χ0n) is 10.6. The van der Waals surface area contributed by atoms with E-state index in [2.05, 4.69) is 39.6 Å². The SMILES string of the molecule is CSCCN(C)Cc1ccc(C(=O)NN)cc1Br. The second-order valence-electron chi connectivity index (χ2n) is 4.01. The molecule has 1 rings (SSSR count). The van der Waals surface area contributed by atoms with Gasteiger partial charge in [-0.25, -0.2) is 5.84 Å². The van der Waals surface area contributed by atoms with E-state index in [4.69, 9.17) is 5.84 Å². The number of nitrogen functional groups attached to an aromatic ring is 1. The van der Waals surface area contributed by atoms with Gasteiger partial charge in [0, 0.05) is 28.9 Å². The van der Waals surface area contributed by atoms with Gasteiger partial charge >= 0.3 is 0 Å². The molecule has 0 aliphatic heterocycles. The highest BCUT2D eigenvalue weighted by Gasteiger charge is 2.08. The highest BCUT2D eigenvalue weighted by Crippen LogP contribution is 2.20. The normalized spacial score (nSPS) is 10.7. The molecule has 0 aliphatic carbocycles. The predicted molar refractivity (Wildman–Crippen MR) is 80.5 cm³/mol. The predicted octanol–water partition coefficient (Wildman–Crippen LogP) is 1.85. The van der Waals surface area contributed by atoms with Gasteiger partial charge in [0.2, 0.25) is 0 Å². The van der Waals surface area contributed by atoms with Crippen molar-refractivity contribution >= 4 is 33.6 Å². The van der Waals surface area contributed by atoms with Crippen molar-refractivity contribution in [1.29, 1.82) is 0 Å². The molecule has 0 saturated heterocycles. The highest BCUT2D eigenvalue weighted by molar-refractivity contribution is 9.10. The molecule has 0 spiro atoms. The van der Waals surface area contributed by atoms with Crippen LogP contribution in [-0.2, 0) is 6.54 Å². The summed E-state index contributed by atoms with van der Waals surface area (Å²) >= 11 is 5.32. The van der Waals surface area contributed by atoms with Gasteiger partial charge in [-0.2, -0.15) is 11.8 Å². The number of carbonyl (C=O) groups is 1. The summed E-state index contributed by atoms with van der Waals surface area (Å²) in [5.41, 5.74) is 3.84. The molecule has 0 fully saturated rings. The van der Waals surface area contributed by atoms with Crippen LogP contribution in [0.4, 0.5) is 0 Å². The maximum Gasteiger partial charge on any atom is 0.265 e. The fraction of sp³-hybridized carbons (Fsp3) is 0.417. The first kappa shape index (κ1) is 15.5. The maximum absolute atomic E-state index is 11.4. The Balaban J connectivity index is 2.70. The summed E-state index contributed by atoms with van der Waals surface area (Å²) < 4.78 is 0.930. The van der Waals surface area contributed by atoms with Crippen molar-refractivity contribution in [3.8, 4) is 0 Å². The summed E-state index contributed by atoms with van der Waals surface area (Å²) in [6, 6.07) is 5.52. The average molecular weight is 332 g/mol. The van der Waals surface area contributed by atoms with Gasteiger partial charge < -0.3 is 4.90 Å². The van der Waals surface area contributed by atoms with Gasteiger partial charge in [0.25, 0.3) is 5.91 Å². The molecule has 1 aromatic rings. The third-order valence-corrected chi connectivity index (χ3v) is 3.89. The largest absolute Gasteiger partial charge is 0.301 e. The van der Waals surface area contributed by atoms with Crippen LogP contribution in [0.25, 0.3) is 0 Å². The number of hydrogen-bond acceptors (Lipinski definition) is 4. The zero-order chi connectivity index (χ0) is 13.5. The minimum atomic E-state index is -0.280. The lowest BCUT2D eigenvalue weighted by Gasteiger charge is -2.17. The first-order chi connectivity index (χ1) is 8.58. The molecule has 100 valence electrons. The summed E-state index contributed by atoms with van der Waals surface area (Å²) in [6.07, 6.45) is 2.10. The topological polar surface area (TPSA) is 58.4 Å². The van der Waals surface area contributed by atoms with Crippen LogP contribution in [0.15, 0.2) is 22.7 Å². The lowest BCUT2D eigenvalue weighted by Crippen LogP contribution is -2.30. The Kier molecular flexibility index (Phi) is 6.70. The minimum Gasteiger partial charge on any atom is -0.301 e. The van der Waals surface area contributed by atoms with Crippen LogP contribution >= 0.6 is 27.7 Å². The molecule has 0 aromatic heterocycles. The van der Waals surface area contributed by atoms with E-state index in [0.717, 1.165) is 28.9 Å². The molecule has 0 heterocycles. The van der Waals surface area contributed by atoms with Crippen molar-refractivity contribution in [2.24, 2.45) is 5.84 Å². The molecular formula is C12H18BrN3OS. The van der Waals surface area contributed by atoms with Crippen LogP contribution in [0.5, 0.6) is 0 Å². The van der Waals surface area contributed by atoms with Gasteiger partial charge in [0.15, 0.2) is 0 Å². The minimum absolute atomic E-state index is 0.280. The summed E-state index contributed by atoms with van der Waals surface area (Å²) in [5.74, 6) is 5.94. The van der Waals surface area contributed by atoms with Crippen LogP contribution in [0.2, 0.25) is 0 Å². The quantitative estimate of drug-likeness (QED) is 0.474. The van der Waals surface area contributed by atoms with Crippen LogP contribution in [-0.4, -0.2) is 36.4 Å². The van der Waals surface area contributed by atoms with Crippen LogP contribution in [0.3, 0.4) is 0 Å². The van der Waals surface area contributed by atoms with E-state index >= 15 is 0 Å². The fourth-order valence-corrected chi connectivity index (χ4v) is 2.52. The third kappa shape index (κ3) is 4.61. The number of amides is 1. The Labute approximate surface area is 120 Å². The number of nitrogens with one attached hydrogen (secondary N) is 1. The van der Waals surface area contributed by atoms with E-state index in [-0.39, 0.29) is 5.91 Å². The van der Waals surface area contributed by atoms with Gasteiger partial charge in [0.05, 0.1) is 0 Å². The van der Waals surface area contributed by atoms with Crippen molar-refractivity contribution in [3.05, 3.63) is 33.8 Å². The number of nitrogens with zero attached hydrogens (tertiary/aromatic N) is 1. The van der Waals surface area contributed by atoms with Gasteiger partial charge in [-0.05, 0) is 31.0 Å². The maximum atomic E-state index is 11.4. The molecule has 18 heavy (non-hydrogen) atoms. The molecule has 0 radical (unpaired) electrons. The second kappa shape index (κ2) is 7.78. The number of thioether (sulfide) groups is 1. The van der Waals surface area contributed by atoms with Gasteiger partial charge in [-0.15, -0.1) is 0 Å². The lowest BCUT2D eigenvalue weighted by molar-refractivity contribution is 0.0953. The van der Waals surface area contributed by atoms with Crippen LogP contribution < -0.4 is 11.3 Å². The number of rotatable bonds is 6. The zero-order valence-corrected chi connectivity index (χ0v) is 13.0. The Morgan fingerprint density at radius 3 is 2.83 bits per heavy atom.